The van der Waals surface area contributed by atoms with Crippen LogP contribution in [0.3, 0.4) is 0 Å². The summed E-state index contributed by atoms with van der Waals surface area (Å²) >= 11 is 0. The summed E-state index contributed by atoms with van der Waals surface area (Å²) in [5.74, 6) is 0. The molecular weight excluding hydrogens is 182 g/mol. The third-order valence-corrected chi connectivity index (χ3v) is 7.23. The fourth-order valence-corrected chi connectivity index (χ4v) is 8.34. The Kier molecular flexibility index (Phi) is 4.69. The van der Waals surface area contributed by atoms with Gasteiger partial charge in [-0.15, -0.1) is 0 Å². The Balaban J connectivity index is 3.86. The smallest absolute Gasteiger partial charge is 0.252 e. The highest BCUT2D eigenvalue weighted by molar-refractivity contribution is 6.83. The zero-order chi connectivity index (χ0) is 9.83. The van der Waals surface area contributed by atoms with Crippen LogP contribution in [0.5, 0.6) is 0 Å². The Hall–Kier alpha value is 0.354. The molecule has 0 spiro atoms. The Labute approximate surface area is 78.8 Å². The van der Waals surface area contributed by atoms with E-state index in [4.69, 9.17) is 9.51 Å². The fraction of sp³-hybridized carbons (Fsp3) is 1.00. The van der Waals surface area contributed by atoms with E-state index in [2.05, 4.69) is 33.1 Å². The van der Waals surface area contributed by atoms with Crippen molar-refractivity contribution >= 4 is 16.8 Å². The molecule has 0 heterocycles. The molecule has 0 aliphatic rings. The van der Waals surface area contributed by atoms with Gasteiger partial charge in [-0.2, -0.15) is 0 Å². The predicted octanol–water partition coefficient (Wildman–Crippen LogP) is 2.67. The average Bonchev–Trinajstić information content (AvgIpc) is 1.78. The van der Waals surface area contributed by atoms with Gasteiger partial charge in [0.2, 0.25) is 0 Å². The van der Waals surface area contributed by atoms with Gasteiger partial charge in [-0.1, -0.05) is 19.8 Å². The predicted molar refractivity (Wildman–Crippen MR) is 60.0 cm³/mol. The van der Waals surface area contributed by atoms with Crippen LogP contribution < -0.4 is 5.40 Å². The van der Waals surface area contributed by atoms with Gasteiger partial charge in [0, 0.05) is 0 Å². The molecule has 0 aromatic carbocycles. The van der Waals surface area contributed by atoms with Crippen molar-refractivity contribution in [2.75, 3.05) is 0 Å². The summed E-state index contributed by atoms with van der Waals surface area (Å²) in [5, 5.41) is 6.14. The molecule has 0 saturated heterocycles. The second kappa shape index (κ2) is 4.55. The summed E-state index contributed by atoms with van der Waals surface area (Å²) in [7, 11) is -3.20. The Morgan fingerprint density at radius 2 is 1.67 bits per heavy atom. The van der Waals surface area contributed by atoms with Crippen LogP contribution in [0.4, 0.5) is 0 Å². The van der Waals surface area contributed by atoms with E-state index >= 15 is 0 Å². The monoisotopic (exact) mass is 205 g/mol. The number of unbranched alkanes of at least 4 members (excludes halogenated alkanes) is 1. The van der Waals surface area contributed by atoms with Gasteiger partial charge in [0.1, 0.15) is 0 Å². The average molecular weight is 205 g/mol. The Bertz CT molecular complexity index is 132. The van der Waals surface area contributed by atoms with Crippen LogP contribution in [0.1, 0.15) is 19.8 Å². The highest BCUT2D eigenvalue weighted by Crippen LogP contribution is 2.15. The zero-order valence-electron chi connectivity index (χ0n) is 9.11. The molecular formula is C8H23NOSi2. The quantitative estimate of drug-likeness (QED) is 0.700. The molecule has 0 fully saturated rings. The van der Waals surface area contributed by atoms with Gasteiger partial charge < -0.3 is 9.51 Å². The third-order valence-electron chi connectivity index (χ3n) is 1.57. The van der Waals surface area contributed by atoms with Crippen molar-refractivity contribution in [3.8, 4) is 0 Å². The van der Waals surface area contributed by atoms with Crippen LogP contribution in [-0.4, -0.2) is 16.8 Å². The number of rotatable bonds is 5. The molecule has 0 saturated carbocycles. The third kappa shape index (κ3) is 7.03. The molecule has 2 N–H and O–H groups in total. The fourth-order valence-electron chi connectivity index (χ4n) is 1.28. The first-order valence-corrected chi connectivity index (χ1v) is 10.9. The van der Waals surface area contributed by atoms with Gasteiger partial charge in [-0.3, -0.25) is 0 Å². The molecule has 0 radical (unpaired) electrons. The lowest BCUT2D eigenvalue weighted by Crippen LogP contribution is -2.52. The highest BCUT2D eigenvalue weighted by Gasteiger charge is 2.29. The van der Waals surface area contributed by atoms with Crippen molar-refractivity contribution in [2.45, 2.75) is 52.0 Å². The van der Waals surface area contributed by atoms with Gasteiger partial charge in [0.25, 0.3) is 8.48 Å². The lowest BCUT2D eigenvalue weighted by molar-refractivity contribution is 0.536. The summed E-state index contributed by atoms with van der Waals surface area (Å²) in [6.07, 6.45) is 2.43. The Morgan fingerprint density at radius 1 is 1.17 bits per heavy atom. The molecule has 74 valence electrons. The first-order valence-electron chi connectivity index (χ1n) is 4.76. The van der Waals surface area contributed by atoms with Crippen molar-refractivity contribution < 1.29 is 4.12 Å². The van der Waals surface area contributed by atoms with Crippen molar-refractivity contribution in [2.24, 2.45) is 5.40 Å². The summed E-state index contributed by atoms with van der Waals surface area (Å²) < 4.78 is 5.98. The van der Waals surface area contributed by atoms with E-state index in [1.807, 2.05) is 0 Å². The molecule has 0 amide bonds. The van der Waals surface area contributed by atoms with E-state index in [1.165, 1.54) is 12.8 Å². The molecule has 0 aromatic rings. The van der Waals surface area contributed by atoms with Crippen LogP contribution in [-0.2, 0) is 4.12 Å². The molecule has 2 nitrogen and oxygen atoms in total. The van der Waals surface area contributed by atoms with Gasteiger partial charge in [-0.05, 0) is 32.2 Å². The molecule has 0 aromatic heterocycles. The largest absolute Gasteiger partial charge is 0.445 e. The maximum Gasteiger partial charge on any atom is 0.252 e. The lowest BCUT2D eigenvalue weighted by atomic mass is 10.4. The maximum absolute atomic E-state index is 6.14. The van der Waals surface area contributed by atoms with Crippen molar-refractivity contribution in [1.29, 1.82) is 0 Å². The van der Waals surface area contributed by atoms with Crippen LogP contribution in [0.2, 0.25) is 32.2 Å². The topological polar surface area (TPSA) is 35.2 Å². The maximum atomic E-state index is 6.14. The minimum Gasteiger partial charge on any atom is -0.445 e. The minimum atomic E-state index is -1.80. The van der Waals surface area contributed by atoms with E-state index in [1.54, 1.807) is 0 Å². The number of nitrogens with two attached hydrogens (primary N) is 1. The van der Waals surface area contributed by atoms with Gasteiger partial charge in [0.15, 0.2) is 8.32 Å². The highest BCUT2D eigenvalue weighted by atomic mass is 28.4. The summed E-state index contributed by atoms with van der Waals surface area (Å²) in [4.78, 5) is 0. The zero-order valence-corrected chi connectivity index (χ0v) is 11.1. The van der Waals surface area contributed by atoms with Crippen molar-refractivity contribution in [3.63, 3.8) is 0 Å². The van der Waals surface area contributed by atoms with Crippen LogP contribution in [0.15, 0.2) is 0 Å². The molecule has 0 rings (SSSR count). The second-order valence-electron chi connectivity index (χ2n) is 4.63. The van der Waals surface area contributed by atoms with Crippen LogP contribution in [0.25, 0.3) is 0 Å². The molecule has 0 aliphatic carbocycles. The summed E-state index contributed by atoms with van der Waals surface area (Å²) in [6.45, 7) is 10.9. The summed E-state index contributed by atoms with van der Waals surface area (Å²) in [5.41, 5.74) is 0. The van der Waals surface area contributed by atoms with Crippen LogP contribution >= 0.6 is 0 Å². The normalized spacial score (nSPS) is 17.5. The van der Waals surface area contributed by atoms with Crippen LogP contribution in [0, 0.1) is 0 Å². The number of hydrogen-bond donors (Lipinski definition) is 1. The lowest BCUT2D eigenvalue weighted by Gasteiger charge is -2.30. The SMILES string of the molecule is CCCC[Si](C)(N)O[Si](C)(C)C. The standard InChI is InChI=1S/C8H23NOSi2/c1-6-7-8-12(5,9)10-11(2,3)4/h6-9H2,1-5H3. The van der Waals surface area contributed by atoms with Gasteiger partial charge in [-0.25, -0.2) is 0 Å². The summed E-state index contributed by atoms with van der Waals surface area (Å²) in [6, 6.07) is 1.10. The molecule has 1 unspecified atom stereocenters. The molecule has 0 aliphatic heterocycles. The first-order chi connectivity index (χ1) is 5.27. The van der Waals surface area contributed by atoms with E-state index in [9.17, 15) is 0 Å². The Morgan fingerprint density at radius 3 is 2.00 bits per heavy atom. The number of hydrogen-bond acceptors (Lipinski definition) is 2. The van der Waals surface area contributed by atoms with E-state index in [0.717, 1.165) is 6.04 Å². The van der Waals surface area contributed by atoms with E-state index in [-0.39, 0.29) is 0 Å². The molecule has 0 bridgehead atoms. The minimum absolute atomic E-state index is 1.10. The molecule has 12 heavy (non-hydrogen) atoms. The van der Waals surface area contributed by atoms with Gasteiger partial charge in [0.05, 0.1) is 0 Å². The second-order valence-corrected chi connectivity index (χ2v) is 12.8. The molecule has 1 atom stereocenters. The first kappa shape index (κ1) is 12.4. The van der Waals surface area contributed by atoms with E-state index in [0.29, 0.717) is 0 Å². The van der Waals surface area contributed by atoms with E-state index < -0.39 is 16.8 Å². The molecule has 4 heteroatoms. The van der Waals surface area contributed by atoms with Gasteiger partial charge >= 0.3 is 0 Å². The van der Waals surface area contributed by atoms with Crippen molar-refractivity contribution in [3.05, 3.63) is 0 Å². The van der Waals surface area contributed by atoms with Crippen molar-refractivity contribution in [1.82, 2.24) is 0 Å².